The standard InChI is InChI=1S/C18H18ClN3O5S2/c19-16-6-5-15(28-16)18(24)20-9-14-10-22(29(25)27-14)13-3-1-12(2-4-13)21-7-8-26-11-17(21)23/h1-6,14H,7-11H2,(H,20,24)/t14-,29?/m0/s1. The first kappa shape index (κ1) is 20.3. The molecule has 11 heteroatoms. The molecule has 8 nitrogen and oxygen atoms in total. The third kappa shape index (κ3) is 4.62. The van der Waals surface area contributed by atoms with Crippen LogP contribution in [-0.4, -0.2) is 55.0 Å². The van der Waals surface area contributed by atoms with Crippen molar-refractivity contribution in [3.63, 3.8) is 0 Å². The second kappa shape index (κ2) is 8.80. The molecular weight excluding hydrogens is 438 g/mol. The molecule has 0 radical (unpaired) electrons. The zero-order chi connectivity index (χ0) is 20.4. The van der Waals surface area contributed by atoms with Crippen molar-refractivity contribution in [2.45, 2.75) is 6.10 Å². The van der Waals surface area contributed by atoms with Gasteiger partial charge in [0.05, 0.1) is 28.1 Å². The maximum atomic E-state index is 12.3. The van der Waals surface area contributed by atoms with E-state index in [0.717, 1.165) is 5.69 Å². The van der Waals surface area contributed by atoms with E-state index < -0.39 is 17.4 Å². The maximum absolute atomic E-state index is 12.3. The number of halogens is 1. The lowest BCUT2D eigenvalue weighted by atomic mass is 10.2. The van der Waals surface area contributed by atoms with E-state index in [1.54, 1.807) is 33.5 Å². The van der Waals surface area contributed by atoms with Gasteiger partial charge in [0.2, 0.25) is 0 Å². The number of carbonyl (C=O) groups is 2. The Kier molecular flexibility index (Phi) is 6.16. The number of morpholine rings is 1. The molecule has 2 fully saturated rings. The predicted octanol–water partition coefficient (Wildman–Crippen LogP) is 1.98. The summed E-state index contributed by atoms with van der Waals surface area (Å²) in [6.45, 7) is 1.69. The molecular formula is C18H18ClN3O5S2. The van der Waals surface area contributed by atoms with Crippen molar-refractivity contribution < 1.29 is 22.7 Å². The lowest BCUT2D eigenvalue weighted by Gasteiger charge is -2.27. The zero-order valence-corrected chi connectivity index (χ0v) is 17.6. The first-order valence-corrected chi connectivity index (χ1v) is 11.1. The SMILES string of the molecule is O=C(NC[C@H]1CN(c2ccc(N3CCOCC3=O)cc2)S(=O)O1)c1ccc(Cl)s1. The Labute approximate surface area is 179 Å². The molecule has 0 aliphatic carbocycles. The van der Waals surface area contributed by atoms with Gasteiger partial charge in [-0.05, 0) is 36.4 Å². The second-order valence-corrected chi connectivity index (χ2v) is 9.21. The van der Waals surface area contributed by atoms with Crippen molar-refractivity contribution in [2.24, 2.45) is 0 Å². The maximum Gasteiger partial charge on any atom is 0.265 e. The molecule has 2 saturated heterocycles. The van der Waals surface area contributed by atoms with Crippen LogP contribution in [0.25, 0.3) is 0 Å². The third-order valence-corrected chi connectivity index (χ3v) is 6.88. The molecule has 1 aromatic heterocycles. The van der Waals surface area contributed by atoms with Crippen molar-refractivity contribution in [1.82, 2.24) is 5.32 Å². The minimum absolute atomic E-state index is 0.0802. The molecule has 0 bridgehead atoms. The molecule has 2 aliphatic rings. The number of ether oxygens (including phenoxy) is 1. The van der Waals surface area contributed by atoms with Gasteiger partial charge in [0.1, 0.15) is 12.7 Å². The van der Waals surface area contributed by atoms with Crippen LogP contribution in [0.4, 0.5) is 11.4 Å². The quantitative estimate of drug-likeness (QED) is 0.744. The highest BCUT2D eigenvalue weighted by Gasteiger charge is 2.31. The summed E-state index contributed by atoms with van der Waals surface area (Å²) >= 11 is 5.39. The molecule has 2 atom stereocenters. The van der Waals surface area contributed by atoms with E-state index in [-0.39, 0.29) is 25.0 Å². The fraction of sp³-hybridized carbons (Fsp3) is 0.333. The van der Waals surface area contributed by atoms with Crippen LogP contribution < -0.4 is 14.5 Å². The van der Waals surface area contributed by atoms with E-state index in [9.17, 15) is 13.8 Å². The molecule has 1 unspecified atom stereocenters. The molecule has 154 valence electrons. The average Bonchev–Trinajstić information content (AvgIpc) is 3.32. The summed E-state index contributed by atoms with van der Waals surface area (Å²) in [6.07, 6.45) is -0.407. The minimum atomic E-state index is -1.65. The molecule has 2 aliphatic heterocycles. The van der Waals surface area contributed by atoms with Crippen molar-refractivity contribution in [1.29, 1.82) is 0 Å². The Bertz CT molecular complexity index is 936. The van der Waals surface area contributed by atoms with E-state index in [1.807, 2.05) is 12.1 Å². The molecule has 2 aromatic rings. The summed E-state index contributed by atoms with van der Waals surface area (Å²) in [4.78, 5) is 26.2. The smallest absolute Gasteiger partial charge is 0.265 e. The van der Waals surface area contributed by atoms with Gasteiger partial charge in [-0.2, -0.15) is 0 Å². The molecule has 3 heterocycles. The van der Waals surface area contributed by atoms with Crippen molar-refractivity contribution in [2.75, 3.05) is 42.1 Å². The monoisotopic (exact) mass is 455 g/mol. The topological polar surface area (TPSA) is 88.2 Å². The number of amides is 2. The average molecular weight is 456 g/mol. The number of anilines is 2. The van der Waals surface area contributed by atoms with Gasteiger partial charge in [-0.1, -0.05) is 11.6 Å². The molecule has 4 rings (SSSR count). The first-order valence-electron chi connectivity index (χ1n) is 8.89. The van der Waals surface area contributed by atoms with E-state index in [2.05, 4.69) is 5.32 Å². The Morgan fingerprint density at radius 2 is 2.00 bits per heavy atom. The number of benzene rings is 1. The molecule has 2 amide bonds. The van der Waals surface area contributed by atoms with Gasteiger partial charge in [-0.15, -0.1) is 11.3 Å². The summed E-state index contributed by atoms with van der Waals surface area (Å²) in [5.41, 5.74) is 1.48. The number of thiophene rings is 1. The van der Waals surface area contributed by atoms with Gasteiger partial charge in [0.15, 0.2) is 0 Å². The summed E-state index contributed by atoms with van der Waals surface area (Å²) in [5, 5.41) is 2.77. The fourth-order valence-corrected chi connectivity index (χ4v) is 5.06. The fourth-order valence-electron chi connectivity index (χ4n) is 3.05. The number of hydrogen-bond donors (Lipinski definition) is 1. The minimum Gasteiger partial charge on any atom is -0.370 e. The lowest BCUT2D eigenvalue weighted by molar-refractivity contribution is -0.125. The van der Waals surface area contributed by atoms with Crippen LogP contribution in [0, 0.1) is 0 Å². The predicted molar refractivity (Wildman–Crippen MR) is 112 cm³/mol. The number of rotatable bonds is 5. The normalized spacial score (nSPS) is 22.2. The number of hydrogen-bond acceptors (Lipinski definition) is 6. The summed E-state index contributed by atoms with van der Waals surface area (Å²) in [5.74, 6) is -0.325. The van der Waals surface area contributed by atoms with Gasteiger partial charge in [0, 0.05) is 18.8 Å². The summed E-state index contributed by atoms with van der Waals surface area (Å²) in [6, 6.07) is 10.5. The highest BCUT2D eigenvalue weighted by atomic mass is 35.5. The van der Waals surface area contributed by atoms with E-state index >= 15 is 0 Å². The Hall–Kier alpha value is -1.98. The van der Waals surface area contributed by atoms with E-state index in [4.69, 9.17) is 20.5 Å². The van der Waals surface area contributed by atoms with Crippen LogP contribution in [0.15, 0.2) is 36.4 Å². The molecule has 1 N–H and O–H groups in total. The van der Waals surface area contributed by atoms with Crippen molar-refractivity contribution in [3.05, 3.63) is 45.6 Å². The summed E-state index contributed by atoms with van der Waals surface area (Å²) in [7, 11) is 0. The van der Waals surface area contributed by atoms with Crippen LogP contribution in [0.2, 0.25) is 4.34 Å². The van der Waals surface area contributed by atoms with Crippen LogP contribution in [-0.2, 0) is 25.0 Å². The van der Waals surface area contributed by atoms with Crippen LogP contribution >= 0.6 is 22.9 Å². The van der Waals surface area contributed by atoms with Gasteiger partial charge in [-0.3, -0.25) is 18.1 Å². The first-order chi connectivity index (χ1) is 14.0. The van der Waals surface area contributed by atoms with Gasteiger partial charge < -0.3 is 15.0 Å². The number of carbonyl (C=O) groups excluding carboxylic acids is 2. The Morgan fingerprint density at radius 3 is 2.69 bits per heavy atom. The van der Waals surface area contributed by atoms with Gasteiger partial charge in [-0.25, -0.2) is 4.21 Å². The zero-order valence-electron chi connectivity index (χ0n) is 15.2. The van der Waals surface area contributed by atoms with Gasteiger partial charge >= 0.3 is 0 Å². The molecule has 0 spiro atoms. The third-order valence-electron chi connectivity index (χ3n) is 4.49. The Morgan fingerprint density at radius 1 is 1.24 bits per heavy atom. The van der Waals surface area contributed by atoms with Crippen LogP contribution in [0.5, 0.6) is 0 Å². The van der Waals surface area contributed by atoms with E-state index in [0.29, 0.717) is 34.6 Å². The summed E-state index contributed by atoms with van der Waals surface area (Å²) < 4.78 is 25.1. The second-order valence-electron chi connectivity index (χ2n) is 6.42. The van der Waals surface area contributed by atoms with Crippen LogP contribution in [0.1, 0.15) is 9.67 Å². The largest absolute Gasteiger partial charge is 0.370 e. The number of nitrogens with one attached hydrogen (secondary N) is 1. The number of nitrogens with zero attached hydrogens (tertiary/aromatic N) is 2. The lowest BCUT2D eigenvalue weighted by Crippen LogP contribution is -2.41. The highest BCUT2D eigenvalue weighted by molar-refractivity contribution is 7.82. The van der Waals surface area contributed by atoms with Gasteiger partial charge in [0.25, 0.3) is 23.1 Å². The molecule has 1 aromatic carbocycles. The highest BCUT2D eigenvalue weighted by Crippen LogP contribution is 2.27. The Balaban J connectivity index is 1.35. The van der Waals surface area contributed by atoms with Crippen molar-refractivity contribution in [3.8, 4) is 0 Å². The molecule has 0 saturated carbocycles. The van der Waals surface area contributed by atoms with Crippen LogP contribution in [0.3, 0.4) is 0 Å². The van der Waals surface area contributed by atoms with Crippen molar-refractivity contribution >= 4 is 57.4 Å². The molecule has 29 heavy (non-hydrogen) atoms. The van der Waals surface area contributed by atoms with E-state index in [1.165, 1.54) is 11.3 Å².